The second kappa shape index (κ2) is 8.22. The summed E-state index contributed by atoms with van der Waals surface area (Å²) in [7, 11) is 0. The van der Waals surface area contributed by atoms with Crippen molar-refractivity contribution in [3.8, 4) is 11.9 Å². The van der Waals surface area contributed by atoms with E-state index in [2.05, 4.69) is 15.1 Å². The predicted octanol–water partition coefficient (Wildman–Crippen LogP) is 2.94. The molecule has 1 aliphatic carbocycles. The summed E-state index contributed by atoms with van der Waals surface area (Å²) in [6.07, 6.45) is 9.19. The Hall–Kier alpha value is -3.67. The maximum absolute atomic E-state index is 12.6. The lowest BCUT2D eigenvalue weighted by Crippen LogP contribution is -2.51. The molecule has 1 N–H and O–H groups in total. The van der Waals surface area contributed by atoms with Crippen LogP contribution in [0.3, 0.4) is 0 Å². The number of nitrogens with zero attached hydrogens (tertiary/aromatic N) is 6. The Morgan fingerprint density at radius 1 is 1.19 bits per heavy atom. The molecule has 9 heteroatoms. The van der Waals surface area contributed by atoms with E-state index < -0.39 is 0 Å². The maximum atomic E-state index is 12.6. The van der Waals surface area contributed by atoms with Crippen LogP contribution in [0.2, 0.25) is 0 Å². The molecule has 1 aliphatic heterocycles. The molecule has 3 aromatic rings. The summed E-state index contributed by atoms with van der Waals surface area (Å²) < 4.78 is 7.71. The smallest absolute Gasteiger partial charge is 0.308 e. The number of aromatic nitrogens is 4. The molecule has 1 saturated heterocycles. The summed E-state index contributed by atoms with van der Waals surface area (Å²) in [5.41, 5.74) is 0.502. The largest absolute Gasteiger partial charge is 0.425 e. The SMILES string of the molecule is N#CN=C(Oc1ccccc1)N1CC(c2nc3c(cnn3C3CCCCC3)c(=O)[nH]2)C1. The summed E-state index contributed by atoms with van der Waals surface area (Å²) in [6.45, 7) is 1.11. The van der Waals surface area contributed by atoms with Crippen molar-refractivity contribution < 1.29 is 4.74 Å². The fourth-order valence-corrected chi connectivity index (χ4v) is 4.34. The van der Waals surface area contributed by atoms with E-state index in [0.717, 1.165) is 12.8 Å². The molecule has 2 aliphatic rings. The minimum Gasteiger partial charge on any atom is -0.425 e. The van der Waals surface area contributed by atoms with Gasteiger partial charge in [-0.25, -0.2) is 9.67 Å². The number of rotatable bonds is 3. The number of aromatic amines is 1. The molecule has 0 amide bonds. The van der Waals surface area contributed by atoms with Crippen LogP contribution in [0.25, 0.3) is 11.0 Å². The normalized spacial score (nSPS) is 18.0. The zero-order valence-corrected chi connectivity index (χ0v) is 17.1. The van der Waals surface area contributed by atoms with Crippen LogP contribution in [0.4, 0.5) is 0 Å². The first-order valence-corrected chi connectivity index (χ1v) is 10.6. The van der Waals surface area contributed by atoms with Gasteiger partial charge in [0, 0.05) is 13.1 Å². The number of hydrogen-bond acceptors (Lipinski definition) is 6. The highest BCUT2D eigenvalue weighted by Gasteiger charge is 2.34. The second-order valence-corrected chi connectivity index (χ2v) is 8.08. The van der Waals surface area contributed by atoms with E-state index >= 15 is 0 Å². The number of H-pyrrole nitrogens is 1. The Morgan fingerprint density at radius 3 is 2.71 bits per heavy atom. The van der Waals surface area contributed by atoms with Crippen molar-refractivity contribution in [1.29, 1.82) is 5.26 Å². The van der Waals surface area contributed by atoms with Gasteiger partial charge in [-0.15, -0.1) is 4.99 Å². The van der Waals surface area contributed by atoms with Gasteiger partial charge in [0.2, 0.25) is 6.19 Å². The highest BCUT2D eigenvalue weighted by atomic mass is 16.5. The first kappa shape index (κ1) is 19.3. The summed E-state index contributed by atoms with van der Waals surface area (Å²) in [5, 5.41) is 14.1. The lowest BCUT2D eigenvalue weighted by molar-refractivity contribution is 0.208. The quantitative estimate of drug-likeness (QED) is 0.398. The zero-order chi connectivity index (χ0) is 21.2. The molecular formula is C22H23N7O2. The van der Waals surface area contributed by atoms with Gasteiger partial charge in [0.25, 0.3) is 5.56 Å². The monoisotopic (exact) mass is 417 g/mol. The number of fused-ring (bicyclic) bond motifs is 1. The number of likely N-dealkylation sites (tertiary alicyclic amines) is 1. The molecule has 158 valence electrons. The van der Waals surface area contributed by atoms with Crippen LogP contribution >= 0.6 is 0 Å². The molecule has 9 nitrogen and oxygen atoms in total. The molecule has 0 spiro atoms. The molecular weight excluding hydrogens is 394 g/mol. The number of aliphatic imine (C=N–C) groups is 1. The van der Waals surface area contributed by atoms with E-state index in [0.29, 0.717) is 41.7 Å². The molecule has 2 aromatic heterocycles. The van der Waals surface area contributed by atoms with E-state index in [1.54, 1.807) is 12.4 Å². The van der Waals surface area contributed by atoms with Crippen molar-refractivity contribution in [3.05, 3.63) is 52.7 Å². The fraction of sp³-hybridized carbons (Fsp3) is 0.409. The van der Waals surface area contributed by atoms with Gasteiger partial charge < -0.3 is 14.6 Å². The molecule has 2 fully saturated rings. The van der Waals surface area contributed by atoms with Crippen molar-refractivity contribution in [2.75, 3.05) is 13.1 Å². The van der Waals surface area contributed by atoms with Gasteiger partial charge >= 0.3 is 6.02 Å². The van der Waals surface area contributed by atoms with E-state index in [9.17, 15) is 4.79 Å². The number of hydrogen-bond donors (Lipinski definition) is 1. The summed E-state index contributed by atoms with van der Waals surface area (Å²) in [5.74, 6) is 1.28. The van der Waals surface area contributed by atoms with Crippen molar-refractivity contribution in [1.82, 2.24) is 24.6 Å². The number of nitriles is 1. The fourth-order valence-electron chi connectivity index (χ4n) is 4.34. The first-order valence-electron chi connectivity index (χ1n) is 10.6. The van der Waals surface area contributed by atoms with E-state index in [4.69, 9.17) is 15.0 Å². The first-order chi connectivity index (χ1) is 15.2. The van der Waals surface area contributed by atoms with Crippen molar-refractivity contribution in [2.45, 2.75) is 44.1 Å². The van der Waals surface area contributed by atoms with E-state index in [1.807, 2.05) is 39.9 Å². The van der Waals surface area contributed by atoms with Crippen LogP contribution in [0.5, 0.6) is 5.75 Å². The standard InChI is InChI=1S/C22H23N7O2/c23-14-24-22(31-17-9-5-2-6-10-17)28-12-15(13-28)19-26-20-18(21(30)27-19)11-25-29(20)16-7-3-1-4-8-16/h2,5-6,9-11,15-16H,1,3-4,7-8,12-13H2,(H,26,27,30). The van der Waals surface area contributed by atoms with Gasteiger partial charge in [-0.2, -0.15) is 10.4 Å². The molecule has 0 unspecified atom stereocenters. The molecule has 1 saturated carbocycles. The molecule has 0 atom stereocenters. The number of ether oxygens (including phenoxy) is 1. The number of amidine groups is 1. The predicted molar refractivity (Wildman–Crippen MR) is 115 cm³/mol. The summed E-state index contributed by atoms with van der Waals surface area (Å²) in [4.78, 5) is 26.0. The lowest BCUT2D eigenvalue weighted by atomic mass is 9.96. The molecule has 31 heavy (non-hydrogen) atoms. The zero-order valence-electron chi connectivity index (χ0n) is 17.1. The van der Waals surface area contributed by atoms with Crippen LogP contribution < -0.4 is 10.3 Å². The highest BCUT2D eigenvalue weighted by molar-refractivity contribution is 5.78. The van der Waals surface area contributed by atoms with Crippen LogP contribution in [0.1, 0.15) is 49.9 Å². The van der Waals surface area contributed by atoms with Gasteiger partial charge in [0.1, 0.15) is 17.0 Å². The average molecular weight is 417 g/mol. The third-order valence-electron chi connectivity index (χ3n) is 6.04. The second-order valence-electron chi connectivity index (χ2n) is 8.08. The van der Waals surface area contributed by atoms with Crippen LogP contribution in [0.15, 0.2) is 46.3 Å². The van der Waals surface area contributed by atoms with Crippen molar-refractivity contribution in [2.24, 2.45) is 4.99 Å². The van der Waals surface area contributed by atoms with Crippen LogP contribution in [-0.2, 0) is 0 Å². The Kier molecular flexibility index (Phi) is 5.12. The Balaban J connectivity index is 1.35. The third-order valence-corrected chi connectivity index (χ3v) is 6.04. The van der Waals surface area contributed by atoms with Gasteiger partial charge in [-0.05, 0) is 25.0 Å². The number of benzene rings is 1. The summed E-state index contributed by atoms with van der Waals surface area (Å²) >= 11 is 0. The highest BCUT2D eigenvalue weighted by Crippen LogP contribution is 2.30. The minimum absolute atomic E-state index is 0.0232. The molecule has 1 aromatic carbocycles. The topological polar surface area (TPSA) is 112 Å². The molecule has 0 bridgehead atoms. The Bertz CT molecular complexity index is 1200. The van der Waals surface area contributed by atoms with E-state index in [-0.39, 0.29) is 17.5 Å². The number of nitrogens with one attached hydrogen (secondary N) is 1. The van der Waals surface area contributed by atoms with Crippen LogP contribution in [0, 0.1) is 11.5 Å². The summed E-state index contributed by atoms with van der Waals surface area (Å²) in [6, 6.07) is 9.78. The third kappa shape index (κ3) is 3.77. The van der Waals surface area contributed by atoms with Crippen molar-refractivity contribution in [3.63, 3.8) is 0 Å². The molecule has 0 radical (unpaired) electrons. The average Bonchev–Trinajstić information content (AvgIpc) is 3.19. The van der Waals surface area contributed by atoms with Gasteiger partial charge in [-0.3, -0.25) is 4.79 Å². The Labute approximate surface area is 179 Å². The maximum Gasteiger partial charge on any atom is 0.308 e. The molecule has 3 heterocycles. The van der Waals surface area contributed by atoms with Crippen LogP contribution in [-0.4, -0.2) is 43.8 Å². The minimum atomic E-state index is -0.160. The van der Waals surface area contributed by atoms with Gasteiger partial charge in [0.05, 0.1) is 18.2 Å². The lowest BCUT2D eigenvalue weighted by Gasteiger charge is -2.39. The van der Waals surface area contributed by atoms with E-state index in [1.165, 1.54) is 19.3 Å². The molecule has 5 rings (SSSR count). The van der Waals surface area contributed by atoms with Crippen molar-refractivity contribution >= 4 is 17.1 Å². The Morgan fingerprint density at radius 2 is 1.97 bits per heavy atom. The van der Waals surface area contributed by atoms with Gasteiger partial charge in [-0.1, -0.05) is 37.5 Å². The number of para-hydroxylation sites is 1. The van der Waals surface area contributed by atoms with Gasteiger partial charge in [0.15, 0.2) is 5.65 Å².